The van der Waals surface area contributed by atoms with Gasteiger partial charge in [-0.1, -0.05) is 12.1 Å². The lowest BCUT2D eigenvalue weighted by Crippen LogP contribution is -2.48. The second kappa shape index (κ2) is 7.75. The van der Waals surface area contributed by atoms with E-state index in [1.165, 1.54) is 0 Å². The number of fused-ring (bicyclic) bond motifs is 1. The molecule has 3 aromatic rings. The number of amides is 1. The number of ether oxygens (including phenoxy) is 1. The van der Waals surface area contributed by atoms with Crippen LogP contribution in [0.15, 0.2) is 42.7 Å². The number of hydrogen-bond acceptors (Lipinski definition) is 5. The third-order valence-corrected chi connectivity index (χ3v) is 4.95. The lowest BCUT2D eigenvalue weighted by molar-refractivity contribution is -0.132. The summed E-state index contributed by atoms with van der Waals surface area (Å²) in [6, 6.07) is 10.0. The average Bonchev–Trinajstić information content (AvgIpc) is 3.15. The largest absolute Gasteiger partial charge is 0.497 e. The van der Waals surface area contributed by atoms with Crippen LogP contribution >= 0.6 is 0 Å². The zero-order valence-corrected chi connectivity index (χ0v) is 15.3. The Bertz CT molecular complexity index is 889. The second-order valence-electron chi connectivity index (χ2n) is 6.70. The maximum Gasteiger partial charge on any atom is 0.223 e. The first-order valence-corrected chi connectivity index (χ1v) is 9.16. The van der Waals surface area contributed by atoms with Crippen LogP contribution in [0.5, 0.6) is 5.75 Å². The molecule has 1 saturated heterocycles. The summed E-state index contributed by atoms with van der Waals surface area (Å²) in [7, 11) is 1.66. The molecule has 1 amide bonds. The minimum absolute atomic E-state index is 0.144. The van der Waals surface area contributed by atoms with Crippen molar-refractivity contribution in [3.63, 3.8) is 0 Å². The Labute approximate surface area is 157 Å². The maximum absolute atomic E-state index is 12.7. The molecule has 0 bridgehead atoms. The predicted octanol–water partition coefficient (Wildman–Crippen LogP) is 2.07. The van der Waals surface area contributed by atoms with Crippen molar-refractivity contribution in [1.82, 2.24) is 25.2 Å². The first-order chi connectivity index (χ1) is 13.2. The van der Waals surface area contributed by atoms with E-state index >= 15 is 0 Å². The molecule has 1 atom stereocenters. The summed E-state index contributed by atoms with van der Waals surface area (Å²) in [5, 5.41) is 3.49. The van der Waals surface area contributed by atoms with Gasteiger partial charge < -0.3 is 19.9 Å². The number of piperazine rings is 1. The molecule has 7 heteroatoms. The van der Waals surface area contributed by atoms with E-state index in [-0.39, 0.29) is 11.9 Å². The van der Waals surface area contributed by atoms with E-state index in [0.717, 1.165) is 41.3 Å². The van der Waals surface area contributed by atoms with Crippen LogP contribution < -0.4 is 10.1 Å². The molecule has 140 valence electrons. The number of nitrogens with zero attached hydrogens (tertiary/aromatic N) is 3. The molecule has 0 radical (unpaired) electrons. The quantitative estimate of drug-likeness (QED) is 0.723. The highest BCUT2D eigenvalue weighted by atomic mass is 16.5. The molecular weight excluding hydrogens is 342 g/mol. The maximum atomic E-state index is 12.7. The molecule has 3 heterocycles. The molecule has 0 spiro atoms. The SMILES string of the molecule is COc1ccc(C2CN(C(=O)CCc3nc4ccncc4[nH]3)CCN2)cc1. The molecule has 2 aromatic heterocycles. The van der Waals surface area contributed by atoms with Crippen LogP contribution in [0, 0.1) is 0 Å². The van der Waals surface area contributed by atoms with Crippen molar-refractivity contribution in [2.75, 3.05) is 26.7 Å². The van der Waals surface area contributed by atoms with Gasteiger partial charge in [0.1, 0.15) is 11.6 Å². The molecule has 1 aliphatic heterocycles. The Kier molecular flexibility index (Phi) is 5.02. The number of hydrogen-bond donors (Lipinski definition) is 2. The van der Waals surface area contributed by atoms with Crippen LogP contribution in [0.4, 0.5) is 0 Å². The lowest BCUT2D eigenvalue weighted by atomic mass is 10.0. The summed E-state index contributed by atoms with van der Waals surface area (Å²) in [5.74, 6) is 1.82. The third-order valence-electron chi connectivity index (χ3n) is 4.95. The third kappa shape index (κ3) is 3.93. The number of H-pyrrole nitrogens is 1. The summed E-state index contributed by atoms with van der Waals surface area (Å²) in [6.45, 7) is 2.20. The summed E-state index contributed by atoms with van der Waals surface area (Å²) in [5.41, 5.74) is 2.95. The summed E-state index contributed by atoms with van der Waals surface area (Å²) in [4.78, 5) is 26.5. The van der Waals surface area contributed by atoms with Gasteiger partial charge in [-0.15, -0.1) is 0 Å². The summed E-state index contributed by atoms with van der Waals surface area (Å²) < 4.78 is 5.21. The van der Waals surface area contributed by atoms with Crippen LogP contribution in [0.2, 0.25) is 0 Å². The normalized spacial score (nSPS) is 17.2. The van der Waals surface area contributed by atoms with Crippen LogP contribution in [-0.2, 0) is 11.2 Å². The zero-order chi connectivity index (χ0) is 18.6. The first kappa shape index (κ1) is 17.5. The molecule has 7 nitrogen and oxygen atoms in total. The van der Waals surface area contributed by atoms with Gasteiger partial charge in [-0.2, -0.15) is 0 Å². The standard InChI is InChI=1S/C20H23N5O2/c1-27-15-4-2-14(3-5-15)18-13-25(11-10-22-18)20(26)7-6-19-23-16-8-9-21-12-17(16)24-19/h2-5,8-9,12,18,22H,6-7,10-11,13H2,1H3,(H,23,24). The molecule has 0 aliphatic carbocycles. The van der Waals surface area contributed by atoms with Crippen LogP contribution in [-0.4, -0.2) is 52.5 Å². The molecule has 1 fully saturated rings. The van der Waals surface area contributed by atoms with Crippen molar-refractivity contribution in [3.8, 4) is 5.75 Å². The van der Waals surface area contributed by atoms with Crippen LogP contribution in [0.25, 0.3) is 11.0 Å². The van der Waals surface area contributed by atoms with Crippen molar-refractivity contribution in [2.24, 2.45) is 0 Å². The molecule has 1 aromatic carbocycles. The fraction of sp³-hybridized carbons (Fsp3) is 0.350. The van der Waals surface area contributed by atoms with Crippen LogP contribution in [0.3, 0.4) is 0 Å². The molecule has 1 unspecified atom stereocenters. The Hall–Kier alpha value is -2.93. The van der Waals surface area contributed by atoms with E-state index in [0.29, 0.717) is 19.4 Å². The van der Waals surface area contributed by atoms with Crippen molar-refractivity contribution in [2.45, 2.75) is 18.9 Å². The fourth-order valence-electron chi connectivity index (χ4n) is 3.45. The molecular formula is C20H23N5O2. The van der Waals surface area contributed by atoms with E-state index in [1.807, 2.05) is 35.2 Å². The van der Waals surface area contributed by atoms with Gasteiger partial charge in [0.05, 0.1) is 24.3 Å². The molecule has 27 heavy (non-hydrogen) atoms. The molecule has 0 saturated carbocycles. The summed E-state index contributed by atoms with van der Waals surface area (Å²) >= 11 is 0. The highest BCUT2D eigenvalue weighted by Gasteiger charge is 2.24. The van der Waals surface area contributed by atoms with Gasteiger partial charge in [0.2, 0.25) is 5.91 Å². The number of benzene rings is 1. The number of aryl methyl sites for hydroxylation is 1. The Balaban J connectivity index is 1.36. The smallest absolute Gasteiger partial charge is 0.223 e. The lowest BCUT2D eigenvalue weighted by Gasteiger charge is -2.34. The topological polar surface area (TPSA) is 83.1 Å². The average molecular weight is 365 g/mol. The van der Waals surface area contributed by atoms with E-state index in [1.54, 1.807) is 19.5 Å². The Morgan fingerprint density at radius 1 is 1.30 bits per heavy atom. The van der Waals surface area contributed by atoms with Gasteiger partial charge in [0, 0.05) is 44.7 Å². The van der Waals surface area contributed by atoms with Gasteiger partial charge in [-0.05, 0) is 23.8 Å². The van der Waals surface area contributed by atoms with Gasteiger partial charge in [-0.25, -0.2) is 4.98 Å². The number of aromatic amines is 1. The molecule has 4 rings (SSSR count). The fourth-order valence-corrected chi connectivity index (χ4v) is 3.45. The van der Waals surface area contributed by atoms with Crippen molar-refractivity contribution < 1.29 is 9.53 Å². The number of pyridine rings is 1. The number of methoxy groups -OCH3 is 1. The zero-order valence-electron chi connectivity index (χ0n) is 15.3. The van der Waals surface area contributed by atoms with E-state index in [4.69, 9.17) is 4.74 Å². The number of aromatic nitrogens is 3. The van der Waals surface area contributed by atoms with Gasteiger partial charge >= 0.3 is 0 Å². The highest BCUT2D eigenvalue weighted by molar-refractivity contribution is 5.77. The predicted molar refractivity (Wildman–Crippen MR) is 103 cm³/mol. The number of imidazole rings is 1. The number of carbonyl (C=O) groups excluding carboxylic acids is 1. The van der Waals surface area contributed by atoms with Gasteiger partial charge in [0.15, 0.2) is 0 Å². The minimum Gasteiger partial charge on any atom is -0.497 e. The van der Waals surface area contributed by atoms with Gasteiger partial charge in [-0.3, -0.25) is 9.78 Å². The highest BCUT2D eigenvalue weighted by Crippen LogP contribution is 2.21. The molecule has 2 N–H and O–H groups in total. The van der Waals surface area contributed by atoms with Crippen molar-refractivity contribution >= 4 is 16.9 Å². The first-order valence-electron chi connectivity index (χ1n) is 9.16. The molecule has 1 aliphatic rings. The number of rotatable bonds is 5. The number of carbonyl (C=O) groups is 1. The summed E-state index contributed by atoms with van der Waals surface area (Å²) in [6.07, 6.45) is 4.52. The Morgan fingerprint density at radius 3 is 2.93 bits per heavy atom. The number of nitrogens with one attached hydrogen (secondary N) is 2. The van der Waals surface area contributed by atoms with Crippen LogP contribution in [0.1, 0.15) is 23.9 Å². The van der Waals surface area contributed by atoms with E-state index in [9.17, 15) is 4.79 Å². The van der Waals surface area contributed by atoms with Crippen molar-refractivity contribution in [1.29, 1.82) is 0 Å². The van der Waals surface area contributed by atoms with E-state index in [2.05, 4.69) is 20.3 Å². The van der Waals surface area contributed by atoms with Gasteiger partial charge in [0.25, 0.3) is 0 Å². The second-order valence-corrected chi connectivity index (χ2v) is 6.70. The van der Waals surface area contributed by atoms with E-state index < -0.39 is 0 Å². The Morgan fingerprint density at radius 2 is 2.15 bits per heavy atom. The monoisotopic (exact) mass is 365 g/mol. The minimum atomic E-state index is 0.144. The van der Waals surface area contributed by atoms with Crippen molar-refractivity contribution in [3.05, 3.63) is 54.1 Å².